The summed E-state index contributed by atoms with van der Waals surface area (Å²) in [7, 11) is 0. The summed E-state index contributed by atoms with van der Waals surface area (Å²) in [5.41, 5.74) is 2.62. The lowest BCUT2D eigenvalue weighted by molar-refractivity contribution is -0.143. The Morgan fingerprint density at radius 1 is 1.59 bits per heavy atom. The monoisotopic (exact) mass is 239 g/mol. The molecule has 2 heterocycles. The van der Waals surface area contributed by atoms with E-state index >= 15 is 0 Å². The molecule has 7 nitrogen and oxygen atoms in total. The van der Waals surface area contributed by atoms with Crippen molar-refractivity contribution in [1.29, 1.82) is 0 Å². The number of hydrogen-bond acceptors (Lipinski definition) is 5. The van der Waals surface area contributed by atoms with Crippen LogP contribution in [-0.2, 0) is 16.1 Å². The van der Waals surface area contributed by atoms with E-state index in [2.05, 4.69) is 0 Å². The number of nitrogens with two attached hydrogens (primary N) is 1. The number of nitrogens with zero attached hydrogens (tertiary/aromatic N) is 1. The molecule has 0 radical (unpaired) electrons. The van der Waals surface area contributed by atoms with Gasteiger partial charge in [-0.25, -0.2) is 5.84 Å². The zero-order valence-corrected chi connectivity index (χ0v) is 9.14. The summed E-state index contributed by atoms with van der Waals surface area (Å²) in [6.45, 7) is 1.41. The van der Waals surface area contributed by atoms with Crippen molar-refractivity contribution >= 4 is 11.8 Å². The summed E-state index contributed by atoms with van der Waals surface area (Å²) in [6, 6.07) is 1.65. The van der Waals surface area contributed by atoms with Crippen molar-refractivity contribution < 1.29 is 18.7 Å². The van der Waals surface area contributed by atoms with Crippen LogP contribution in [0.25, 0.3) is 0 Å². The number of rotatable bonds is 3. The van der Waals surface area contributed by atoms with Crippen molar-refractivity contribution in [3.63, 3.8) is 0 Å². The summed E-state index contributed by atoms with van der Waals surface area (Å²) in [5, 5.41) is 0. The van der Waals surface area contributed by atoms with E-state index in [0.29, 0.717) is 25.3 Å². The van der Waals surface area contributed by atoms with Gasteiger partial charge < -0.3 is 14.1 Å². The van der Waals surface area contributed by atoms with Gasteiger partial charge >= 0.3 is 5.91 Å². The number of amides is 2. The summed E-state index contributed by atoms with van der Waals surface area (Å²) < 4.78 is 10.0. The molecule has 0 atom stereocenters. The van der Waals surface area contributed by atoms with Gasteiger partial charge in [0.05, 0.1) is 12.9 Å². The van der Waals surface area contributed by atoms with Crippen LogP contribution in [0, 0.1) is 0 Å². The second-order valence-corrected chi connectivity index (χ2v) is 3.62. The highest BCUT2D eigenvalue weighted by Crippen LogP contribution is 2.14. The maximum Gasteiger partial charge on any atom is 0.301 e. The van der Waals surface area contributed by atoms with Gasteiger partial charge in [-0.2, -0.15) is 0 Å². The van der Waals surface area contributed by atoms with Gasteiger partial charge in [0.25, 0.3) is 0 Å². The molecule has 1 aromatic rings. The first-order chi connectivity index (χ1) is 8.22. The molecule has 0 spiro atoms. The van der Waals surface area contributed by atoms with Crippen LogP contribution in [0.3, 0.4) is 0 Å². The number of morpholine rings is 1. The molecule has 92 valence electrons. The van der Waals surface area contributed by atoms with Gasteiger partial charge in [0.15, 0.2) is 5.76 Å². The highest BCUT2D eigenvalue weighted by atomic mass is 16.5. The molecule has 2 amide bonds. The quantitative estimate of drug-likeness (QED) is 0.410. The summed E-state index contributed by atoms with van der Waals surface area (Å²) in [4.78, 5) is 24.5. The maximum atomic E-state index is 11.5. The largest absolute Gasteiger partial charge is 0.459 e. The Morgan fingerprint density at radius 3 is 3.12 bits per heavy atom. The number of carbonyl (C=O) groups excluding carboxylic acids is 2. The Balaban J connectivity index is 2.10. The average Bonchev–Trinajstić information content (AvgIpc) is 2.79. The van der Waals surface area contributed by atoms with Crippen molar-refractivity contribution in [3.05, 3.63) is 23.7 Å². The molecule has 2 rings (SSSR count). The van der Waals surface area contributed by atoms with Crippen molar-refractivity contribution in [2.24, 2.45) is 5.84 Å². The zero-order chi connectivity index (χ0) is 12.3. The van der Waals surface area contributed by atoms with Crippen LogP contribution in [0.1, 0.15) is 16.1 Å². The fraction of sp³-hybridized carbons (Fsp3) is 0.400. The van der Waals surface area contributed by atoms with Gasteiger partial charge in [0.2, 0.25) is 5.91 Å². The van der Waals surface area contributed by atoms with E-state index in [-0.39, 0.29) is 18.3 Å². The molecule has 1 aromatic heterocycles. The number of furan rings is 1. The SMILES string of the molecule is NNC(=O)c1occc1CN1CCOCC1=O. The third-order valence-electron chi connectivity index (χ3n) is 2.53. The van der Waals surface area contributed by atoms with Crippen LogP contribution < -0.4 is 11.3 Å². The molecule has 3 N–H and O–H groups in total. The van der Waals surface area contributed by atoms with E-state index in [9.17, 15) is 9.59 Å². The zero-order valence-electron chi connectivity index (χ0n) is 9.14. The molecule has 0 aromatic carbocycles. The molecule has 17 heavy (non-hydrogen) atoms. The Bertz CT molecular complexity index is 429. The van der Waals surface area contributed by atoms with Crippen LogP contribution in [0.15, 0.2) is 16.7 Å². The Morgan fingerprint density at radius 2 is 2.41 bits per heavy atom. The van der Waals surface area contributed by atoms with Crippen molar-refractivity contribution in [2.75, 3.05) is 19.8 Å². The molecule has 0 aliphatic carbocycles. The van der Waals surface area contributed by atoms with E-state index in [1.807, 2.05) is 5.43 Å². The number of hydrazine groups is 1. The molecule has 0 unspecified atom stereocenters. The number of hydrogen-bond donors (Lipinski definition) is 2. The van der Waals surface area contributed by atoms with E-state index in [4.69, 9.17) is 15.0 Å². The highest BCUT2D eigenvalue weighted by Gasteiger charge is 2.22. The normalized spacial score (nSPS) is 16.1. The molecule has 1 fully saturated rings. The minimum absolute atomic E-state index is 0.0796. The van der Waals surface area contributed by atoms with Crippen LogP contribution >= 0.6 is 0 Å². The number of nitrogen functional groups attached to an aromatic ring is 1. The number of carbonyl (C=O) groups is 2. The lowest BCUT2D eigenvalue weighted by Gasteiger charge is -2.26. The lowest BCUT2D eigenvalue weighted by Crippen LogP contribution is -2.41. The molecular formula is C10H13N3O4. The third-order valence-corrected chi connectivity index (χ3v) is 2.53. The van der Waals surface area contributed by atoms with E-state index < -0.39 is 5.91 Å². The standard InChI is InChI=1S/C10H13N3O4/c11-12-10(15)9-7(1-3-17-9)5-13-2-4-16-6-8(13)14/h1,3H,2,4-6,11H2,(H,12,15). The van der Waals surface area contributed by atoms with Crippen molar-refractivity contribution in [1.82, 2.24) is 10.3 Å². The summed E-state index contributed by atoms with van der Waals surface area (Å²) >= 11 is 0. The highest BCUT2D eigenvalue weighted by molar-refractivity contribution is 5.92. The smallest absolute Gasteiger partial charge is 0.301 e. The van der Waals surface area contributed by atoms with Gasteiger partial charge in [0.1, 0.15) is 6.61 Å². The Labute approximate surface area is 97.5 Å². The van der Waals surface area contributed by atoms with E-state index in [0.717, 1.165) is 0 Å². The molecule has 1 aliphatic rings. The second kappa shape index (κ2) is 4.98. The van der Waals surface area contributed by atoms with Crippen LogP contribution in [0.5, 0.6) is 0 Å². The molecule has 1 saturated heterocycles. The molecule has 0 saturated carbocycles. The van der Waals surface area contributed by atoms with Gasteiger partial charge in [-0.15, -0.1) is 0 Å². The molecular weight excluding hydrogens is 226 g/mol. The van der Waals surface area contributed by atoms with Crippen molar-refractivity contribution in [2.45, 2.75) is 6.54 Å². The Kier molecular flexibility index (Phi) is 3.40. The molecule has 1 aliphatic heterocycles. The lowest BCUT2D eigenvalue weighted by atomic mass is 10.2. The first kappa shape index (κ1) is 11.6. The van der Waals surface area contributed by atoms with Gasteiger partial charge in [0, 0.05) is 18.7 Å². The van der Waals surface area contributed by atoms with Crippen LogP contribution in [0.2, 0.25) is 0 Å². The van der Waals surface area contributed by atoms with Gasteiger partial charge in [-0.3, -0.25) is 15.0 Å². The Hall–Kier alpha value is -1.86. The minimum atomic E-state index is -0.509. The molecule has 0 bridgehead atoms. The first-order valence-corrected chi connectivity index (χ1v) is 5.15. The minimum Gasteiger partial charge on any atom is -0.459 e. The van der Waals surface area contributed by atoms with Crippen LogP contribution in [-0.4, -0.2) is 36.5 Å². The predicted molar refractivity (Wildman–Crippen MR) is 56.6 cm³/mol. The summed E-state index contributed by atoms with van der Waals surface area (Å²) in [6.07, 6.45) is 1.39. The fourth-order valence-electron chi connectivity index (χ4n) is 1.65. The number of nitrogens with one attached hydrogen (secondary N) is 1. The van der Waals surface area contributed by atoms with E-state index in [1.54, 1.807) is 11.0 Å². The fourth-order valence-corrected chi connectivity index (χ4v) is 1.65. The summed E-state index contributed by atoms with van der Waals surface area (Å²) in [5.74, 6) is 4.55. The predicted octanol–water partition coefficient (Wildman–Crippen LogP) is -0.758. The average molecular weight is 239 g/mol. The number of ether oxygens (including phenoxy) is 1. The first-order valence-electron chi connectivity index (χ1n) is 5.15. The third kappa shape index (κ3) is 2.45. The van der Waals surface area contributed by atoms with E-state index in [1.165, 1.54) is 6.26 Å². The topological polar surface area (TPSA) is 97.8 Å². The van der Waals surface area contributed by atoms with Crippen molar-refractivity contribution in [3.8, 4) is 0 Å². The molecule has 7 heteroatoms. The second-order valence-electron chi connectivity index (χ2n) is 3.62. The van der Waals surface area contributed by atoms with Gasteiger partial charge in [-0.05, 0) is 6.07 Å². The maximum absolute atomic E-state index is 11.5. The van der Waals surface area contributed by atoms with Gasteiger partial charge in [-0.1, -0.05) is 0 Å². The van der Waals surface area contributed by atoms with Crippen LogP contribution in [0.4, 0.5) is 0 Å².